The predicted octanol–water partition coefficient (Wildman–Crippen LogP) is 2.16. The van der Waals surface area contributed by atoms with Crippen molar-refractivity contribution in [2.45, 2.75) is 27.4 Å². The van der Waals surface area contributed by atoms with Gasteiger partial charge in [0.25, 0.3) is 0 Å². The summed E-state index contributed by atoms with van der Waals surface area (Å²) < 4.78 is 14.8. The molecule has 1 heterocycles. The molecule has 0 atom stereocenters. The van der Waals surface area contributed by atoms with Gasteiger partial charge in [0.05, 0.1) is 19.8 Å². The first-order valence-electron chi connectivity index (χ1n) is 5.94. The summed E-state index contributed by atoms with van der Waals surface area (Å²) in [6.45, 7) is 9.67. The van der Waals surface area contributed by atoms with Crippen molar-refractivity contribution in [3.8, 4) is 0 Å². The molecule has 17 heavy (non-hydrogen) atoms. The van der Waals surface area contributed by atoms with E-state index in [-0.39, 0.29) is 0 Å². The third kappa shape index (κ3) is 5.95. The van der Waals surface area contributed by atoms with Gasteiger partial charge in [-0.15, -0.1) is 5.10 Å². The number of hydrogen-bond acceptors (Lipinski definition) is 6. The highest BCUT2D eigenvalue weighted by atomic mass is 32.1. The lowest BCUT2D eigenvalue weighted by molar-refractivity contribution is 0.0306. The van der Waals surface area contributed by atoms with Gasteiger partial charge in [-0.25, -0.2) is 0 Å². The Morgan fingerprint density at radius 1 is 1.29 bits per heavy atom. The smallest absolute Gasteiger partial charge is 0.135 e. The number of ether oxygens (including phenoxy) is 2. The van der Waals surface area contributed by atoms with Crippen molar-refractivity contribution in [3.63, 3.8) is 0 Å². The maximum atomic E-state index is 5.49. The zero-order valence-corrected chi connectivity index (χ0v) is 11.5. The van der Waals surface area contributed by atoms with Gasteiger partial charge in [-0.1, -0.05) is 18.3 Å². The largest absolute Gasteiger partial charge is 0.379 e. The summed E-state index contributed by atoms with van der Waals surface area (Å²) in [5.74, 6) is 0.568. The van der Waals surface area contributed by atoms with E-state index in [0.717, 1.165) is 23.8 Å². The second-order valence-electron chi connectivity index (χ2n) is 4.10. The fourth-order valence-corrected chi connectivity index (χ4v) is 1.84. The minimum absolute atomic E-state index is 0.490. The van der Waals surface area contributed by atoms with Crippen LogP contribution in [-0.4, -0.2) is 36.0 Å². The third-order valence-corrected chi connectivity index (χ3v) is 2.68. The van der Waals surface area contributed by atoms with Crippen molar-refractivity contribution < 1.29 is 9.47 Å². The molecule has 0 amide bonds. The topological polar surface area (TPSA) is 56.3 Å². The van der Waals surface area contributed by atoms with Crippen LogP contribution >= 0.6 is 11.5 Å². The SMILES string of the molecule is CCNc1snnc1COCCOCC(C)C. The minimum Gasteiger partial charge on any atom is -0.379 e. The zero-order valence-electron chi connectivity index (χ0n) is 10.7. The Morgan fingerprint density at radius 2 is 2.06 bits per heavy atom. The van der Waals surface area contributed by atoms with Gasteiger partial charge in [0.2, 0.25) is 0 Å². The normalized spacial score (nSPS) is 11.1. The minimum atomic E-state index is 0.490. The molecule has 98 valence electrons. The van der Waals surface area contributed by atoms with Crippen molar-refractivity contribution in [2.24, 2.45) is 5.92 Å². The molecule has 1 aromatic rings. The van der Waals surface area contributed by atoms with Gasteiger partial charge in [-0.2, -0.15) is 0 Å². The first kappa shape index (κ1) is 14.3. The molecule has 0 aromatic carbocycles. The van der Waals surface area contributed by atoms with E-state index >= 15 is 0 Å². The van der Waals surface area contributed by atoms with Gasteiger partial charge in [0.1, 0.15) is 10.7 Å². The molecule has 0 aliphatic rings. The van der Waals surface area contributed by atoms with Crippen molar-refractivity contribution in [1.29, 1.82) is 0 Å². The summed E-state index contributed by atoms with van der Waals surface area (Å²) >= 11 is 1.36. The highest BCUT2D eigenvalue weighted by molar-refractivity contribution is 7.10. The Labute approximate surface area is 107 Å². The quantitative estimate of drug-likeness (QED) is 0.689. The molecule has 1 aromatic heterocycles. The van der Waals surface area contributed by atoms with Gasteiger partial charge in [-0.3, -0.25) is 0 Å². The van der Waals surface area contributed by atoms with E-state index in [4.69, 9.17) is 9.47 Å². The van der Waals surface area contributed by atoms with E-state index in [1.54, 1.807) is 0 Å². The second kappa shape index (κ2) is 8.38. The predicted molar refractivity (Wildman–Crippen MR) is 69.4 cm³/mol. The molecule has 0 unspecified atom stereocenters. The van der Waals surface area contributed by atoms with Crippen LogP contribution in [0.15, 0.2) is 0 Å². The number of hydrogen-bond donors (Lipinski definition) is 1. The van der Waals surface area contributed by atoms with Gasteiger partial charge in [0.15, 0.2) is 0 Å². The molecule has 0 saturated heterocycles. The van der Waals surface area contributed by atoms with E-state index in [9.17, 15) is 0 Å². The number of aromatic nitrogens is 2. The molecule has 0 fully saturated rings. The van der Waals surface area contributed by atoms with Crippen LogP contribution in [0.2, 0.25) is 0 Å². The standard InChI is InChI=1S/C11H21N3O2S/c1-4-12-11-10(13-14-17-11)8-16-6-5-15-7-9(2)3/h9,12H,4-8H2,1-3H3. The molecule has 0 saturated carbocycles. The molecule has 0 aliphatic heterocycles. The van der Waals surface area contributed by atoms with Crippen molar-refractivity contribution in [2.75, 3.05) is 31.7 Å². The molecule has 5 nitrogen and oxygen atoms in total. The second-order valence-corrected chi connectivity index (χ2v) is 4.85. The van der Waals surface area contributed by atoms with Crippen LogP contribution in [-0.2, 0) is 16.1 Å². The van der Waals surface area contributed by atoms with E-state index in [1.807, 2.05) is 6.92 Å². The lowest BCUT2D eigenvalue weighted by Gasteiger charge is -2.07. The third-order valence-electron chi connectivity index (χ3n) is 1.96. The molecule has 1 rings (SSSR count). The lowest BCUT2D eigenvalue weighted by atomic mass is 10.2. The van der Waals surface area contributed by atoms with Crippen LogP contribution in [0.5, 0.6) is 0 Å². The average molecular weight is 259 g/mol. The summed E-state index contributed by atoms with van der Waals surface area (Å²) in [4.78, 5) is 0. The van der Waals surface area contributed by atoms with Crippen LogP contribution in [0.1, 0.15) is 26.5 Å². The highest BCUT2D eigenvalue weighted by Crippen LogP contribution is 2.17. The van der Waals surface area contributed by atoms with Crippen molar-refractivity contribution in [3.05, 3.63) is 5.69 Å². The maximum Gasteiger partial charge on any atom is 0.135 e. The van der Waals surface area contributed by atoms with Gasteiger partial charge in [0, 0.05) is 24.7 Å². The fraction of sp³-hybridized carbons (Fsp3) is 0.818. The Hall–Kier alpha value is -0.720. The monoisotopic (exact) mass is 259 g/mol. The molecule has 1 N–H and O–H groups in total. The Kier molecular flexibility index (Phi) is 7.07. The summed E-state index contributed by atoms with van der Waals surface area (Å²) in [6, 6.07) is 0. The van der Waals surface area contributed by atoms with Crippen LogP contribution in [0.3, 0.4) is 0 Å². The van der Waals surface area contributed by atoms with Gasteiger partial charge >= 0.3 is 0 Å². The molecule has 6 heteroatoms. The molecule has 0 spiro atoms. The van der Waals surface area contributed by atoms with E-state index < -0.39 is 0 Å². The van der Waals surface area contributed by atoms with Crippen LogP contribution < -0.4 is 5.32 Å². The van der Waals surface area contributed by atoms with Gasteiger partial charge < -0.3 is 14.8 Å². The Balaban J connectivity index is 2.11. The summed E-state index contributed by atoms with van der Waals surface area (Å²) in [5, 5.41) is 8.22. The number of rotatable bonds is 9. The number of nitrogens with one attached hydrogen (secondary N) is 1. The highest BCUT2D eigenvalue weighted by Gasteiger charge is 2.06. The summed E-state index contributed by atoms with van der Waals surface area (Å²) in [6.07, 6.45) is 0. The average Bonchev–Trinajstić information content (AvgIpc) is 2.71. The van der Waals surface area contributed by atoms with E-state index in [2.05, 4.69) is 28.8 Å². The Bertz CT molecular complexity index is 305. The first-order valence-corrected chi connectivity index (χ1v) is 6.72. The van der Waals surface area contributed by atoms with Crippen LogP contribution in [0.4, 0.5) is 5.00 Å². The summed E-state index contributed by atoms with van der Waals surface area (Å²) in [7, 11) is 0. The van der Waals surface area contributed by atoms with E-state index in [1.165, 1.54) is 11.5 Å². The molecule has 0 radical (unpaired) electrons. The Morgan fingerprint density at radius 3 is 2.76 bits per heavy atom. The van der Waals surface area contributed by atoms with Crippen LogP contribution in [0.25, 0.3) is 0 Å². The number of nitrogens with zero attached hydrogens (tertiary/aromatic N) is 2. The number of anilines is 1. The molecular formula is C11H21N3O2S. The van der Waals surface area contributed by atoms with Crippen molar-refractivity contribution in [1.82, 2.24) is 9.59 Å². The lowest BCUT2D eigenvalue weighted by Crippen LogP contribution is -2.09. The van der Waals surface area contributed by atoms with Crippen LogP contribution in [0, 0.1) is 5.92 Å². The first-order chi connectivity index (χ1) is 8.24. The van der Waals surface area contributed by atoms with Crippen molar-refractivity contribution >= 4 is 16.5 Å². The molecule has 0 aliphatic carbocycles. The fourth-order valence-electron chi connectivity index (χ4n) is 1.20. The zero-order chi connectivity index (χ0) is 12.5. The maximum absolute atomic E-state index is 5.49. The van der Waals surface area contributed by atoms with Gasteiger partial charge in [-0.05, 0) is 12.8 Å². The summed E-state index contributed by atoms with van der Waals surface area (Å²) in [5.41, 5.74) is 0.876. The van der Waals surface area contributed by atoms with E-state index in [0.29, 0.717) is 25.7 Å². The molecule has 0 bridgehead atoms. The molecular weight excluding hydrogens is 238 g/mol.